The van der Waals surface area contributed by atoms with Crippen molar-refractivity contribution >= 4 is 29.2 Å². The van der Waals surface area contributed by atoms with Gasteiger partial charge >= 0.3 is 5.97 Å². The fourth-order valence-electron chi connectivity index (χ4n) is 1.88. The third-order valence-electron chi connectivity index (χ3n) is 3.03. The Morgan fingerprint density at radius 1 is 1.25 bits per heavy atom. The highest BCUT2D eigenvalue weighted by Crippen LogP contribution is 2.23. The molecule has 2 aromatic carbocycles. The van der Waals surface area contributed by atoms with Crippen molar-refractivity contribution in [3.63, 3.8) is 0 Å². The third kappa shape index (κ3) is 4.24. The largest absolute Gasteiger partial charge is 0.482 e. The van der Waals surface area contributed by atoms with E-state index in [1.807, 2.05) is 6.07 Å². The molecule has 2 rings (SSSR count). The molecule has 0 spiro atoms. The lowest BCUT2D eigenvalue weighted by Gasteiger charge is -2.10. The molecule has 0 saturated carbocycles. The number of ether oxygens (including phenoxy) is 2. The Morgan fingerprint density at radius 2 is 2.00 bits per heavy atom. The van der Waals surface area contributed by atoms with E-state index in [-0.39, 0.29) is 22.9 Å². The number of hydrogen-bond acceptors (Lipinski definition) is 5. The molecule has 6 nitrogen and oxygen atoms in total. The summed E-state index contributed by atoms with van der Waals surface area (Å²) in [6.45, 7) is -0.308. The van der Waals surface area contributed by atoms with Crippen LogP contribution in [-0.4, -0.2) is 25.6 Å². The number of hydrogen-bond donors (Lipinski definition) is 1. The topological polar surface area (TPSA) is 88.4 Å². The van der Waals surface area contributed by atoms with Gasteiger partial charge in [0.05, 0.1) is 28.9 Å². The normalized spacial score (nSPS) is 9.71. The molecule has 0 heterocycles. The minimum Gasteiger partial charge on any atom is -0.482 e. The highest BCUT2D eigenvalue weighted by Gasteiger charge is 2.12. The zero-order valence-electron chi connectivity index (χ0n) is 12.7. The maximum Gasteiger partial charge on any atom is 0.337 e. The molecule has 0 aliphatic heterocycles. The zero-order valence-corrected chi connectivity index (χ0v) is 13.5. The molecule has 24 heavy (non-hydrogen) atoms. The van der Waals surface area contributed by atoms with Crippen molar-refractivity contribution in [2.45, 2.75) is 0 Å². The van der Waals surface area contributed by atoms with Crippen LogP contribution in [0, 0.1) is 11.3 Å². The predicted molar refractivity (Wildman–Crippen MR) is 88.1 cm³/mol. The summed E-state index contributed by atoms with van der Waals surface area (Å²) in [6.07, 6.45) is 0. The van der Waals surface area contributed by atoms with Crippen LogP contribution in [0.4, 0.5) is 5.69 Å². The van der Waals surface area contributed by atoms with Crippen molar-refractivity contribution < 1.29 is 19.1 Å². The first-order chi connectivity index (χ1) is 11.5. The molecule has 0 bridgehead atoms. The minimum atomic E-state index is -0.540. The second kappa shape index (κ2) is 7.99. The summed E-state index contributed by atoms with van der Waals surface area (Å²) in [5.41, 5.74) is 0.853. The van der Waals surface area contributed by atoms with Gasteiger partial charge in [-0.15, -0.1) is 0 Å². The first kappa shape index (κ1) is 17.3. The predicted octanol–water partition coefficient (Wildman–Crippen LogP) is 3.02. The number of nitrogens with zero attached hydrogens (tertiary/aromatic N) is 1. The minimum absolute atomic E-state index is 0.257. The molecule has 1 amide bonds. The Labute approximate surface area is 143 Å². The maximum absolute atomic E-state index is 12.0. The fraction of sp³-hybridized carbons (Fsp3) is 0.118. The van der Waals surface area contributed by atoms with Gasteiger partial charge in [-0.2, -0.15) is 5.26 Å². The van der Waals surface area contributed by atoms with Gasteiger partial charge in [0, 0.05) is 0 Å². The van der Waals surface area contributed by atoms with E-state index < -0.39 is 11.9 Å². The third-order valence-corrected chi connectivity index (χ3v) is 3.36. The lowest BCUT2D eigenvalue weighted by Crippen LogP contribution is -2.21. The summed E-state index contributed by atoms with van der Waals surface area (Å²) in [5.74, 6) is -0.711. The van der Waals surface area contributed by atoms with E-state index in [9.17, 15) is 9.59 Å². The first-order valence-electron chi connectivity index (χ1n) is 6.84. The van der Waals surface area contributed by atoms with Gasteiger partial charge < -0.3 is 14.8 Å². The van der Waals surface area contributed by atoms with Gasteiger partial charge in [0.25, 0.3) is 5.91 Å². The zero-order chi connectivity index (χ0) is 17.5. The van der Waals surface area contributed by atoms with E-state index in [1.54, 1.807) is 24.3 Å². The van der Waals surface area contributed by atoms with E-state index in [0.717, 1.165) is 0 Å². The monoisotopic (exact) mass is 344 g/mol. The number of amides is 1. The Balaban J connectivity index is 2.05. The average Bonchev–Trinajstić information content (AvgIpc) is 2.61. The van der Waals surface area contributed by atoms with E-state index >= 15 is 0 Å². The molecule has 0 aliphatic rings. The molecule has 0 aliphatic carbocycles. The second-order valence-corrected chi connectivity index (χ2v) is 5.04. The highest BCUT2D eigenvalue weighted by molar-refractivity contribution is 6.33. The van der Waals surface area contributed by atoms with Crippen LogP contribution in [0.2, 0.25) is 5.02 Å². The number of methoxy groups -OCH3 is 1. The molecule has 0 atom stereocenters. The number of esters is 1. The Morgan fingerprint density at radius 3 is 2.71 bits per heavy atom. The summed E-state index contributed by atoms with van der Waals surface area (Å²) in [7, 11) is 1.26. The highest BCUT2D eigenvalue weighted by atomic mass is 35.5. The number of para-hydroxylation sites is 1. The van der Waals surface area contributed by atoms with Crippen molar-refractivity contribution in [1.29, 1.82) is 5.26 Å². The van der Waals surface area contributed by atoms with Crippen LogP contribution in [-0.2, 0) is 9.53 Å². The molecule has 2 aromatic rings. The number of nitriles is 1. The van der Waals surface area contributed by atoms with Crippen molar-refractivity contribution in [3.8, 4) is 11.8 Å². The number of anilines is 1. The quantitative estimate of drug-likeness (QED) is 0.842. The van der Waals surface area contributed by atoms with E-state index in [4.69, 9.17) is 21.6 Å². The van der Waals surface area contributed by atoms with Crippen molar-refractivity contribution in [2.75, 3.05) is 19.0 Å². The molecule has 0 unspecified atom stereocenters. The van der Waals surface area contributed by atoms with Crippen LogP contribution in [0.5, 0.6) is 5.75 Å². The van der Waals surface area contributed by atoms with E-state index in [0.29, 0.717) is 11.3 Å². The molecular weight excluding hydrogens is 332 g/mol. The molecule has 0 saturated heterocycles. The lowest BCUT2D eigenvalue weighted by atomic mass is 10.2. The summed E-state index contributed by atoms with van der Waals surface area (Å²) >= 11 is 6.00. The van der Waals surface area contributed by atoms with Crippen molar-refractivity contribution in [3.05, 3.63) is 58.6 Å². The van der Waals surface area contributed by atoms with Crippen LogP contribution in [0.1, 0.15) is 15.9 Å². The number of nitrogens with one attached hydrogen (secondary N) is 1. The molecule has 122 valence electrons. The Hall–Kier alpha value is -3.04. The average molecular weight is 345 g/mol. The van der Waals surface area contributed by atoms with Gasteiger partial charge in [-0.05, 0) is 30.3 Å². The van der Waals surface area contributed by atoms with E-state index in [2.05, 4.69) is 10.1 Å². The SMILES string of the molecule is COC(=O)c1ccc(Cl)c(NC(=O)COc2ccccc2C#N)c1. The number of halogens is 1. The number of rotatable bonds is 5. The van der Waals surface area contributed by atoms with Crippen LogP contribution < -0.4 is 10.1 Å². The van der Waals surface area contributed by atoms with Crippen LogP contribution in [0.3, 0.4) is 0 Å². The Kier molecular flexibility index (Phi) is 5.77. The van der Waals surface area contributed by atoms with Gasteiger partial charge in [-0.3, -0.25) is 4.79 Å². The lowest BCUT2D eigenvalue weighted by molar-refractivity contribution is -0.118. The fourth-order valence-corrected chi connectivity index (χ4v) is 2.05. The van der Waals surface area contributed by atoms with Gasteiger partial charge in [0.15, 0.2) is 6.61 Å². The number of carbonyl (C=O) groups is 2. The molecule has 7 heteroatoms. The van der Waals surface area contributed by atoms with Crippen LogP contribution in [0.15, 0.2) is 42.5 Å². The van der Waals surface area contributed by atoms with Crippen LogP contribution >= 0.6 is 11.6 Å². The second-order valence-electron chi connectivity index (χ2n) is 4.63. The smallest absolute Gasteiger partial charge is 0.337 e. The number of benzene rings is 2. The van der Waals surface area contributed by atoms with Gasteiger partial charge in [-0.25, -0.2) is 4.79 Å². The van der Waals surface area contributed by atoms with E-state index in [1.165, 1.54) is 25.3 Å². The van der Waals surface area contributed by atoms with Crippen molar-refractivity contribution in [1.82, 2.24) is 0 Å². The van der Waals surface area contributed by atoms with Crippen molar-refractivity contribution in [2.24, 2.45) is 0 Å². The summed E-state index contributed by atoms with van der Waals surface area (Å²) < 4.78 is 9.95. The summed E-state index contributed by atoms with van der Waals surface area (Å²) in [5, 5.41) is 11.8. The van der Waals surface area contributed by atoms with Gasteiger partial charge in [0.2, 0.25) is 0 Å². The molecule has 1 N–H and O–H groups in total. The first-order valence-corrected chi connectivity index (χ1v) is 7.22. The Bertz CT molecular complexity index is 814. The van der Waals surface area contributed by atoms with Gasteiger partial charge in [-0.1, -0.05) is 23.7 Å². The molecule has 0 fully saturated rings. The van der Waals surface area contributed by atoms with Crippen LogP contribution in [0.25, 0.3) is 0 Å². The molecule has 0 aromatic heterocycles. The van der Waals surface area contributed by atoms with Gasteiger partial charge in [0.1, 0.15) is 11.8 Å². The molecule has 0 radical (unpaired) electrons. The summed E-state index contributed by atoms with van der Waals surface area (Å²) in [6, 6.07) is 12.9. The molecular formula is C17H13ClN2O4. The maximum atomic E-state index is 12.0. The summed E-state index contributed by atoms with van der Waals surface area (Å²) in [4.78, 5) is 23.5. The standard InChI is InChI=1S/C17H13ClN2O4/c1-23-17(22)11-6-7-13(18)14(8-11)20-16(21)10-24-15-5-3-2-4-12(15)9-19/h2-8H,10H2,1H3,(H,20,21). The number of carbonyl (C=O) groups excluding carboxylic acids is 2.